The third kappa shape index (κ3) is 3.53. The molecule has 0 radical (unpaired) electrons. The second-order valence-corrected chi connectivity index (χ2v) is 4.99. The van der Waals surface area contributed by atoms with E-state index < -0.39 is 11.7 Å². The van der Waals surface area contributed by atoms with Crippen LogP contribution in [0.2, 0.25) is 0 Å². The molecule has 0 aliphatic carbocycles. The van der Waals surface area contributed by atoms with E-state index in [0.717, 1.165) is 38.2 Å². The predicted octanol–water partition coefficient (Wildman–Crippen LogP) is 2.28. The minimum atomic E-state index is -4.36. The van der Waals surface area contributed by atoms with Crippen molar-refractivity contribution in [1.82, 2.24) is 9.88 Å². The zero-order valence-electron chi connectivity index (χ0n) is 11.7. The van der Waals surface area contributed by atoms with Crippen molar-refractivity contribution in [2.24, 2.45) is 0 Å². The van der Waals surface area contributed by atoms with Crippen molar-refractivity contribution >= 4 is 11.6 Å². The maximum absolute atomic E-state index is 12.9. The third-order valence-electron chi connectivity index (χ3n) is 3.44. The van der Waals surface area contributed by atoms with Gasteiger partial charge in [-0.05, 0) is 32.1 Å². The Bertz CT molecular complexity index is 461. The van der Waals surface area contributed by atoms with Crippen molar-refractivity contribution in [3.05, 3.63) is 17.7 Å². The van der Waals surface area contributed by atoms with Crippen LogP contribution in [0.1, 0.15) is 12.0 Å². The van der Waals surface area contributed by atoms with Gasteiger partial charge in [-0.15, -0.1) is 0 Å². The lowest BCUT2D eigenvalue weighted by molar-refractivity contribution is -0.137. The number of nitrogens with zero attached hydrogens (tertiary/aromatic N) is 3. The summed E-state index contributed by atoms with van der Waals surface area (Å²) in [6.45, 7) is 3.19. The Labute approximate surface area is 116 Å². The molecule has 1 aromatic heterocycles. The summed E-state index contributed by atoms with van der Waals surface area (Å²) in [5, 5.41) is 2.70. The average Bonchev–Trinajstić information content (AvgIpc) is 2.62. The Hall–Kier alpha value is -1.50. The van der Waals surface area contributed by atoms with Gasteiger partial charge in [-0.3, -0.25) is 0 Å². The molecule has 0 saturated carbocycles. The van der Waals surface area contributed by atoms with E-state index in [1.54, 1.807) is 7.05 Å². The number of nitrogens with one attached hydrogen (secondary N) is 1. The first-order chi connectivity index (χ1) is 9.40. The molecule has 2 heterocycles. The van der Waals surface area contributed by atoms with Crippen molar-refractivity contribution in [2.45, 2.75) is 12.6 Å². The number of hydrogen-bond acceptors (Lipinski definition) is 4. The fourth-order valence-corrected chi connectivity index (χ4v) is 2.25. The highest BCUT2D eigenvalue weighted by atomic mass is 19.4. The quantitative estimate of drug-likeness (QED) is 0.904. The fourth-order valence-electron chi connectivity index (χ4n) is 2.25. The Balaban J connectivity index is 2.30. The minimum absolute atomic E-state index is 0.243. The lowest BCUT2D eigenvalue weighted by Gasteiger charge is -2.23. The van der Waals surface area contributed by atoms with Gasteiger partial charge >= 0.3 is 6.18 Å². The van der Waals surface area contributed by atoms with E-state index in [0.29, 0.717) is 12.4 Å². The summed E-state index contributed by atoms with van der Waals surface area (Å²) in [5.41, 5.74) is -0.663. The highest BCUT2D eigenvalue weighted by molar-refractivity contribution is 5.51. The summed E-state index contributed by atoms with van der Waals surface area (Å²) < 4.78 is 38.7. The van der Waals surface area contributed by atoms with Crippen LogP contribution in [0.15, 0.2) is 12.1 Å². The van der Waals surface area contributed by atoms with Crippen LogP contribution in [0.5, 0.6) is 0 Å². The number of halogens is 3. The molecule has 112 valence electrons. The van der Waals surface area contributed by atoms with E-state index in [-0.39, 0.29) is 5.82 Å². The van der Waals surface area contributed by atoms with Crippen LogP contribution in [0.3, 0.4) is 0 Å². The molecule has 0 atom stereocenters. The Morgan fingerprint density at radius 3 is 2.55 bits per heavy atom. The van der Waals surface area contributed by atoms with Crippen LogP contribution in [0.25, 0.3) is 0 Å². The summed E-state index contributed by atoms with van der Waals surface area (Å²) in [6, 6.07) is 2.17. The van der Waals surface area contributed by atoms with Crippen molar-refractivity contribution in [2.75, 3.05) is 50.5 Å². The van der Waals surface area contributed by atoms with Gasteiger partial charge < -0.3 is 15.1 Å². The smallest absolute Gasteiger partial charge is 0.373 e. The zero-order valence-corrected chi connectivity index (χ0v) is 11.7. The lowest BCUT2D eigenvalue weighted by Crippen LogP contribution is -2.29. The number of alkyl halides is 3. The second-order valence-electron chi connectivity index (χ2n) is 4.99. The second kappa shape index (κ2) is 5.87. The van der Waals surface area contributed by atoms with Crippen molar-refractivity contribution in [1.29, 1.82) is 0 Å². The van der Waals surface area contributed by atoms with Crippen LogP contribution in [0, 0.1) is 0 Å². The molecule has 0 amide bonds. The van der Waals surface area contributed by atoms with Gasteiger partial charge in [0.2, 0.25) is 0 Å². The van der Waals surface area contributed by atoms with Gasteiger partial charge in [0.15, 0.2) is 0 Å². The highest BCUT2D eigenvalue weighted by Crippen LogP contribution is 2.33. The molecule has 1 fully saturated rings. The first-order valence-corrected chi connectivity index (χ1v) is 6.60. The van der Waals surface area contributed by atoms with E-state index in [4.69, 9.17) is 0 Å². The fraction of sp³-hybridized carbons (Fsp3) is 0.615. The van der Waals surface area contributed by atoms with Gasteiger partial charge in [0, 0.05) is 26.7 Å². The molecular formula is C13H19F3N4. The maximum atomic E-state index is 12.9. The summed E-state index contributed by atoms with van der Waals surface area (Å²) in [7, 11) is 3.59. The molecule has 1 aromatic rings. The number of likely N-dealkylation sites (N-methyl/N-ethyl adjacent to an activating group) is 1. The molecule has 1 saturated heterocycles. The number of aromatic nitrogens is 1. The van der Waals surface area contributed by atoms with Crippen LogP contribution in [0.4, 0.5) is 24.8 Å². The Kier molecular flexibility index (Phi) is 4.37. The molecule has 0 aromatic carbocycles. The van der Waals surface area contributed by atoms with Crippen LogP contribution in [-0.4, -0.2) is 50.2 Å². The molecule has 7 heteroatoms. The summed E-state index contributed by atoms with van der Waals surface area (Å²) >= 11 is 0. The number of pyridine rings is 1. The maximum Gasteiger partial charge on any atom is 0.416 e. The van der Waals surface area contributed by atoms with Gasteiger partial charge in [-0.1, -0.05) is 0 Å². The zero-order chi connectivity index (χ0) is 14.8. The number of hydrogen-bond donors (Lipinski definition) is 1. The summed E-state index contributed by atoms with van der Waals surface area (Å²) in [6.07, 6.45) is -3.44. The molecule has 20 heavy (non-hydrogen) atoms. The SMILES string of the molecule is CNc1cc(C(F)(F)F)cc(N2CCCN(C)CC2)n1. The normalized spacial score (nSPS) is 17.9. The van der Waals surface area contributed by atoms with E-state index >= 15 is 0 Å². The minimum Gasteiger partial charge on any atom is -0.373 e. The first kappa shape index (κ1) is 14.9. The van der Waals surface area contributed by atoms with Gasteiger partial charge in [-0.25, -0.2) is 4.98 Å². The molecule has 2 rings (SSSR count). The average molecular weight is 288 g/mol. The van der Waals surface area contributed by atoms with Crippen molar-refractivity contribution < 1.29 is 13.2 Å². The summed E-state index contributed by atoms with van der Waals surface area (Å²) in [5.74, 6) is 0.631. The van der Waals surface area contributed by atoms with Gasteiger partial charge in [-0.2, -0.15) is 13.2 Å². The van der Waals surface area contributed by atoms with E-state index in [2.05, 4.69) is 15.2 Å². The Morgan fingerprint density at radius 2 is 1.90 bits per heavy atom. The van der Waals surface area contributed by atoms with E-state index in [1.807, 2.05) is 11.9 Å². The van der Waals surface area contributed by atoms with Crippen LogP contribution < -0.4 is 10.2 Å². The van der Waals surface area contributed by atoms with E-state index in [9.17, 15) is 13.2 Å². The molecular weight excluding hydrogens is 269 g/mol. The molecule has 1 N–H and O–H groups in total. The van der Waals surface area contributed by atoms with Crippen molar-refractivity contribution in [3.63, 3.8) is 0 Å². The Morgan fingerprint density at radius 1 is 1.15 bits per heavy atom. The van der Waals surface area contributed by atoms with Crippen molar-refractivity contribution in [3.8, 4) is 0 Å². The highest BCUT2D eigenvalue weighted by Gasteiger charge is 2.32. The molecule has 0 unspecified atom stereocenters. The van der Waals surface area contributed by atoms with Gasteiger partial charge in [0.1, 0.15) is 11.6 Å². The van der Waals surface area contributed by atoms with E-state index in [1.165, 1.54) is 0 Å². The number of rotatable bonds is 2. The lowest BCUT2D eigenvalue weighted by atomic mass is 10.2. The molecule has 0 spiro atoms. The molecule has 1 aliphatic heterocycles. The predicted molar refractivity (Wildman–Crippen MR) is 73.1 cm³/mol. The molecule has 4 nitrogen and oxygen atoms in total. The van der Waals surface area contributed by atoms with Gasteiger partial charge in [0.25, 0.3) is 0 Å². The topological polar surface area (TPSA) is 31.4 Å². The molecule has 1 aliphatic rings. The van der Waals surface area contributed by atoms with Crippen LogP contribution in [-0.2, 0) is 6.18 Å². The molecule has 0 bridgehead atoms. The summed E-state index contributed by atoms with van der Waals surface area (Å²) in [4.78, 5) is 8.34. The first-order valence-electron chi connectivity index (χ1n) is 6.60. The largest absolute Gasteiger partial charge is 0.416 e. The monoisotopic (exact) mass is 288 g/mol. The van der Waals surface area contributed by atoms with Gasteiger partial charge in [0.05, 0.1) is 5.56 Å². The third-order valence-corrected chi connectivity index (χ3v) is 3.44. The standard InChI is InChI=1S/C13H19F3N4/c1-17-11-8-10(13(14,15)16)9-12(18-11)20-5-3-4-19(2)6-7-20/h8-9H,3-7H2,1-2H3,(H,17,18). The number of anilines is 2. The van der Waals surface area contributed by atoms with Crippen LogP contribution >= 0.6 is 0 Å².